The van der Waals surface area contributed by atoms with Crippen LogP contribution in [-0.2, 0) is 9.59 Å². The Labute approximate surface area is 82.9 Å². The van der Waals surface area contributed by atoms with E-state index in [4.69, 9.17) is 19.8 Å². The predicted octanol–water partition coefficient (Wildman–Crippen LogP) is -0.734. The quantitative estimate of drug-likeness (QED) is 0.460. The van der Waals surface area contributed by atoms with Crippen molar-refractivity contribution in [2.75, 3.05) is 0 Å². The van der Waals surface area contributed by atoms with E-state index in [1.54, 1.807) is 0 Å². The third-order valence-corrected chi connectivity index (χ3v) is 0. The summed E-state index contributed by atoms with van der Waals surface area (Å²) >= 11 is 0. The molecule has 0 fully saturated rings. The van der Waals surface area contributed by atoms with Crippen molar-refractivity contribution < 1.29 is 19.8 Å². The summed E-state index contributed by atoms with van der Waals surface area (Å²) in [6.07, 6.45) is 0. The van der Waals surface area contributed by atoms with E-state index in [1.165, 1.54) is 0 Å². The number of carboxylic acid groups (broad SMARTS) is 2. The van der Waals surface area contributed by atoms with E-state index in [1.807, 2.05) is 0 Å². The van der Waals surface area contributed by atoms with Crippen LogP contribution in [0.2, 0.25) is 0 Å². The zero-order valence-electron chi connectivity index (χ0n) is 4.71. The van der Waals surface area contributed by atoms with Gasteiger partial charge in [-0.3, -0.25) is 9.59 Å². The molecule has 9 heavy (non-hydrogen) atoms. The van der Waals surface area contributed by atoms with Crippen molar-refractivity contribution in [3.05, 3.63) is 0 Å². The van der Waals surface area contributed by atoms with Crippen molar-refractivity contribution in [3.63, 3.8) is 0 Å². The zero-order chi connectivity index (χ0) is 7.15. The van der Waals surface area contributed by atoms with Gasteiger partial charge in [-0.15, -0.1) is 0 Å². The fourth-order valence-corrected chi connectivity index (χ4v) is 0. The molecule has 0 amide bonds. The van der Waals surface area contributed by atoms with Gasteiger partial charge >= 0.3 is 37.7 Å². The molecular formula is C4H10CaO4. The van der Waals surface area contributed by atoms with Crippen LogP contribution in [0.5, 0.6) is 0 Å². The van der Waals surface area contributed by atoms with Gasteiger partial charge in [0.25, 0.3) is 11.9 Å². The van der Waals surface area contributed by atoms with Gasteiger partial charge in [-0.05, 0) is 0 Å². The summed E-state index contributed by atoms with van der Waals surface area (Å²) in [5, 5.41) is 14.8. The second kappa shape index (κ2) is 11.1. The molecule has 0 bridgehead atoms. The first-order valence-corrected chi connectivity index (χ1v) is 1.86. The van der Waals surface area contributed by atoms with Gasteiger partial charge in [0.15, 0.2) is 0 Å². The third-order valence-electron chi connectivity index (χ3n) is 0. The first-order chi connectivity index (χ1) is 3.46. The molecule has 0 aromatic heterocycles. The molecule has 0 aliphatic heterocycles. The Bertz CT molecular complexity index is 70.6. The summed E-state index contributed by atoms with van der Waals surface area (Å²) in [7, 11) is 0. The van der Waals surface area contributed by atoms with Crippen molar-refractivity contribution in [2.24, 2.45) is 0 Å². The molecule has 0 heterocycles. The summed E-state index contributed by atoms with van der Waals surface area (Å²) in [6, 6.07) is 0. The van der Waals surface area contributed by atoms with E-state index >= 15 is 0 Å². The van der Waals surface area contributed by atoms with Crippen molar-refractivity contribution >= 4 is 49.7 Å². The number of hydrogen-bond donors (Lipinski definition) is 2. The first kappa shape index (κ1) is 16.1. The predicted molar refractivity (Wildman–Crippen MR) is 35.2 cm³/mol. The summed E-state index contributed by atoms with van der Waals surface area (Å²) in [4.78, 5) is 18.0. The Morgan fingerprint density at radius 1 is 1.00 bits per heavy atom. The fraction of sp³-hybridized carbons (Fsp3) is 0.500. The van der Waals surface area contributed by atoms with Crippen molar-refractivity contribution in [2.45, 2.75) is 13.8 Å². The van der Waals surface area contributed by atoms with Gasteiger partial charge in [0, 0.05) is 13.8 Å². The Balaban J connectivity index is -0.0000000720. The minimum absolute atomic E-state index is 0. The molecule has 4 nitrogen and oxygen atoms in total. The van der Waals surface area contributed by atoms with Crippen LogP contribution in [0.3, 0.4) is 0 Å². The van der Waals surface area contributed by atoms with E-state index in [-0.39, 0.29) is 37.7 Å². The van der Waals surface area contributed by atoms with Gasteiger partial charge in [0.05, 0.1) is 0 Å². The molecule has 0 spiro atoms. The molecule has 0 aliphatic rings. The van der Waals surface area contributed by atoms with Gasteiger partial charge in [-0.2, -0.15) is 0 Å². The van der Waals surface area contributed by atoms with E-state index in [9.17, 15) is 0 Å². The first-order valence-electron chi connectivity index (χ1n) is 1.86. The topological polar surface area (TPSA) is 74.6 Å². The van der Waals surface area contributed by atoms with Crippen LogP contribution in [0.15, 0.2) is 0 Å². The SMILES string of the molecule is CC(=O)O.CC(=O)O.[CaH2]. The number of carbonyl (C=O) groups is 2. The molecule has 0 aliphatic carbocycles. The number of hydrogen-bond acceptors (Lipinski definition) is 2. The molecule has 0 saturated carbocycles. The average molecular weight is 162 g/mol. The molecule has 0 unspecified atom stereocenters. The van der Waals surface area contributed by atoms with E-state index in [0.717, 1.165) is 13.8 Å². The van der Waals surface area contributed by atoms with E-state index in [2.05, 4.69) is 0 Å². The van der Waals surface area contributed by atoms with Crippen LogP contribution in [-0.4, -0.2) is 59.9 Å². The van der Waals surface area contributed by atoms with Crippen LogP contribution in [0.25, 0.3) is 0 Å². The summed E-state index contributed by atoms with van der Waals surface area (Å²) < 4.78 is 0. The number of carboxylic acids is 2. The summed E-state index contributed by atoms with van der Waals surface area (Å²) in [5.41, 5.74) is 0. The monoisotopic (exact) mass is 162 g/mol. The van der Waals surface area contributed by atoms with Crippen LogP contribution >= 0.6 is 0 Å². The third kappa shape index (κ3) is 7900. The Hall–Kier alpha value is 0.200. The Morgan fingerprint density at radius 2 is 1.00 bits per heavy atom. The van der Waals surface area contributed by atoms with Gasteiger partial charge in [0.2, 0.25) is 0 Å². The molecule has 5 heteroatoms. The zero-order valence-corrected chi connectivity index (χ0v) is 4.71. The van der Waals surface area contributed by atoms with Crippen molar-refractivity contribution in [1.29, 1.82) is 0 Å². The van der Waals surface area contributed by atoms with Crippen molar-refractivity contribution in [1.82, 2.24) is 0 Å². The molecular weight excluding hydrogens is 152 g/mol. The van der Waals surface area contributed by atoms with Gasteiger partial charge in [0.1, 0.15) is 0 Å². The van der Waals surface area contributed by atoms with Gasteiger partial charge in [-0.25, -0.2) is 0 Å². The summed E-state index contributed by atoms with van der Waals surface area (Å²) in [5.74, 6) is -1.67. The Kier molecular flexibility index (Phi) is 19.8. The van der Waals surface area contributed by atoms with Crippen LogP contribution in [0.1, 0.15) is 13.8 Å². The van der Waals surface area contributed by atoms with Gasteiger partial charge in [-0.1, -0.05) is 0 Å². The molecule has 0 rings (SSSR count). The van der Waals surface area contributed by atoms with Crippen LogP contribution in [0, 0.1) is 0 Å². The summed E-state index contributed by atoms with van der Waals surface area (Å²) in [6.45, 7) is 2.17. The minimum atomic E-state index is -0.833. The van der Waals surface area contributed by atoms with Crippen LogP contribution < -0.4 is 0 Å². The van der Waals surface area contributed by atoms with E-state index in [0.29, 0.717) is 0 Å². The second-order valence-electron chi connectivity index (χ2n) is 1.04. The molecule has 0 aromatic carbocycles. The van der Waals surface area contributed by atoms with Gasteiger partial charge < -0.3 is 10.2 Å². The number of aliphatic carboxylic acids is 2. The second-order valence-corrected chi connectivity index (χ2v) is 1.04. The average Bonchev–Trinajstić information content (AvgIpc) is 1.25. The Morgan fingerprint density at radius 3 is 1.00 bits per heavy atom. The molecule has 0 atom stereocenters. The molecule has 2 N–H and O–H groups in total. The maximum absolute atomic E-state index is 9.00. The van der Waals surface area contributed by atoms with E-state index < -0.39 is 11.9 Å². The fourth-order valence-electron chi connectivity index (χ4n) is 0. The normalized spacial score (nSPS) is 5.56. The van der Waals surface area contributed by atoms with Crippen LogP contribution in [0.4, 0.5) is 0 Å². The standard InChI is InChI=1S/2C2H4O2.Ca.2H/c2*1-2(3)4;;;/h2*1H3,(H,3,4);;;. The maximum atomic E-state index is 9.00. The number of rotatable bonds is 0. The van der Waals surface area contributed by atoms with Crippen molar-refractivity contribution in [3.8, 4) is 0 Å². The molecule has 0 radical (unpaired) electrons. The molecule has 52 valence electrons. The molecule has 0 saturated heterocycles. The molecule has 0 aromatic rings.